The maximum Gasteiger partial charge on any atom is 0.0568 e. The molecule has 1 aliphatic rings. The van der Waals surface area contributed by atoms with Gasteiger partial charge in [0.15, 0.2) is 0 Å². The summed E-state index contributed by atoms with van der Waals surface area (Å²) >= 11 is 0. The van der Waals surface area contributed by atoms with Crippen molar-refractivity contribution in [3.8, 4) is 0 Å². The van der Waals surface area contributed by atoms with Crippen molar-refractivity contribution in [2.45, 2.75) is 32.8 Å². The van der Waals surface area contributed by atoms with Crippen LogP contribution < -0.4 is 0 Å². The van der Waals surface area contributed by atoms with Crippen LogP contribution in [0.2, 0.25) is 0 Å². The standard InChI is InChI=1S/C7H14O/c1-5-3-4-7(8)6(5)2/h5-8H,3-4H2,1-2H3/t5?,6-,7+/m1/s1. The maximum absolute atomic E-state index is 9.17. The minimum Gasteiger partial charge on any atom is -0.393 e. The van der Waals surface area contributed by atoms with E-state index in [-0.39, 0.29) is 6.10 Å². The van der Waals surface area contributed by atoms with Crippen LogP contribution in [0.3, 0.4) is 0 Å². The average molecular weight is 114 g/mol. The molecule has 8 heavy (non-hydrogen) atoms. The highest BCUT2D eigenvalue weighted by Gasteiger charge is 2.27. The third-order valence-corrected chi connectivity index (χ3v) is 2.42. The summed E-state index contributed by atoms with van der Waals surface area (Å²) in [6, 6.07) is 0. The van der Waals surface area contributed by atoms with E-state index in [1.54, 1.807) is 0 Å². The summed E-state index contributed by atoms with van der Waals surface area (Å²) < 4.78 is 0. The molecule has 0 heterocycles. The first-order valence-electron chi connectivity index (χ1n) is 3.40. The predicted molar refractivity (Wildman–Crippen MR) is 33.6 cm³/mol. The maximum atomic E-state index is 9.17. The summed E-state index contributed by atoms with van der Waals surface area (Å²) in [5, 5.41) is 9.17. The van der Waals surface area contributed by atoms with Gasteiger partial charge < -0.3 is 5.11 Å². The number of hydrogen-bond acceptors (Lipinski definition) is 1. The van der Waals surface area contributed by atoms with Crippen molar-refractivity contribution in [2.75, 3.05) is 0 Å². The molecule has 0 aromatic heterocycles. The predicted octanol–water partition coefficient (Wildman–Crippen LogP) is 1.41. The Bertz CT molecular complexity index is 70.5. The average Bonchev–Trinajstić information content (AvgIpc) is 1.98. The molecule has 3 atom stereocenters. The Morgan fingerprint density at radius 2 is 1.88 bits per heavy atom. The molecule has 0 amide bonds. The second kappa shape index (κ2) is 2.06. The minimum absolute atomic E-state index is 0.00926. The van der Waals surface area contributed by atoms with Crippen LogP contribution in [0.25, 0.3) is 0 Å². The van der Waals surface area contributed by atoms with Crippen molar-refractivity contribution < 1.29 is 5.11 Å². The molecule has 1 heteroatoms. The summed E-state index contributed by atoms with van der Waals surface area (Å²) in [6.45, 7) is 4.34. The Hall–Kier alpha value is -0.0400. The molecule has 0 radical (unpaired) electrons. The minimum atomic E-state index is -0.00926. The van der Waals surface area contributed by atoms with E-state index in [4.69, 9.17) is 5.11 Å². The summed E-state index contributed by atoms with van der Waals surface area (Å²) in [5.41, 5.74) is 0. The molecular formula is C7H14O. The van der Waals surface area contributed by atoms with Crippen LogP contribution in [-0.2, 0) is 0 Å². The number of aliphatic hydroxyl groups is 1. The first-order valence-corrected chi connectivity index (χ1v) is 3.40. The van der Waals surface area contributed by atoms with Gasteiger partial charge in [-0.2, -0.15) is 0 Å². The van der Waals surface area contributed by atoms with Crippen molar-refractivity contribution >= 4 is 0 Å². The van der Waals surface area contributed by atoms with Crippen LogP contribution in [0.1, 0.15) is 26.7 Å². The zero-order valence-corrected chi connectivity index (χ0v) is 5.59. The summed E-state index contributed by atoms with van der Waals surface area (Å²) in [6.07, 6.45) is 2.22. The molecule has 1 fully saturated rings. The van der Waals surface area contributed by atoms with E-state index in [9.17, 15) is 0 Å². The topological polar surface area (TPSA) is 20.2 Å². The van der Waals surface area contributed by atoms with E-state index >= 15 is 0 Å². The molecule has 0 aromatic carbocycles. The fraction of sp³-hybridized carbons (Fsp3) is 1.00. The SMILES string of the molecule is CC1CC[C@H](O)[C@@H]1C. The van der Waals surface area contributed by atoms with Gasteiger partial charge in [0.1, 0.15) is 0 Å². The molecular weight excluding hydrogens is 100 g/mol. The molecule has 0 saturated heterocycles. The van der Waals surface area contributed by atoms with E-state index in [0.29, 0.717) is 5.92 Å². The number of hydrogen-bond donors (Lipinski definition) is 1. The molecule has 0 aromatic rings. The van der Waals surface area contributed by atoms with Gasteiger partial charge in [-0.05, 0) is 24.7 Å². The van der Waals surface area contributed by atoms with Gasteiger partial charge in [0, 0.05) is 0 Å². The summed E-state index contributed by atoms with van der Waals surface area (Å²) in [5.74, 6) is 1.28. The van der Waals surface area contributed by atoms with Gasteiger partial charge in [0.25, 0.3) is 0 Å². The van der Waals surface area contributed by atoms with Crippen molar-refractivity contribution in [3.05, 3.63) is 0 Å². The Balaban J connectivity index is 2.44. The second-order valence-corrected chi connectivity index (χ2v) is 2.98. The Morgan fingerprint density at radius 1 is 1.25 bits per heavy atom. The van der Waals surface area contributed by atoms with Crippen molar-refractivity contribution in [1.29, 1.82) is 0 Å². The van der Waals surface area contributed by atoms with Crippen molar-refractivity contribution in [3.63, 3.8) is 0 Å². The highest BCUT2D eigenvalue weighted by atomic mass is 16.3. The van der Waals surface area contributed by atoms with Crippen LogP contribution in [0.5, 0.6) is 0 Å². The zero-order valence-electron chi connectivity index (χ0n) is 5.59. The van der Waals surface area contributed by atoms with E-state index in [2.05, 4.69) is 13.8 Å². The number of rotatable bonds is 0. The highest BCUT2D eigenvalue weighted by molar-refractivity contribution is 4.78. The van der Waals surface area contributed by atoms with Gasteiger partial charge in [-0.1, -0.05) is 13.8 Å². The summed E-state index contributed by atoms with van der Waals surface area (Å²) in [4.78, 5) is 0. The van der Waals surface area contributed by atoms with Gasteiger partial charge in [0.2, 0.25) is 0 Å². The number of aliphatic hydroxyl groups excluding tert-OH is 1. The quantitative estimate of drug-likeness (QED) is 0.505. The van der Waals surface area contributed by atoms with Gasteiger partial charge in [-0.15, -0.1) is 0 Å². The molecule has 0 bridgehead atoms. The van der Waals surface area contributed by atoms with Crippen LogP contribution >= 0.6 is 0 Å². The lowest BCUT2D eigenvalue weighted by atomic mass is 10.00. The Labute approximate surface area is 50.7 Å². The normalized spacial score (nSPS) is 47.6. The van der Waals surface area contributed by atoms with Gasteiger partial charge in [0.05, 0.1) is 6.10 Å². The van der Waals surface area contributed by atoms with Crippen molar-refractivity contribution in [1.82, 2.24) is 0 Å². The zero-order chi connectivity index (χ0) is 6.15. The molecule has 1 rings (SSSR count). The lowest BCUT2D eigenvalue weighted by Crippen LogP contribution is -2.12. The van der Waals surface area contributed by atoms with E-state index in [0.717, 1.165) is 12.3 Å². The Morgan fingerprint density at radius 3 is 2.00 bits per heavy atom. The van der Waals surface area contributed by atoms with E-state index in [1.165, 1.54) is 6.42 Å². The highest BCUT2D eigenvalue weighted by Crippen LogP contribution is 2.30. The van der Waals surface area contributed by atoms with Crippen LogP contribution in [0, 0.1) is 11.8 Å². The molecule has 0 spiro atoms. The largest absolute Gasteiger partial charge is 0.393 e. The van der Waals surface area contributed by atoms with Gasteiger partial charge in [-0.3, -0.25) is 0 Å². The van der Waals surface area contributed by atoms with E-state index in [1.807, 2.05) is 0 Å². The smallest absolute Gasteiger partial charge is 0.0568 e. The molecule has 1 nitrogen and oxygen atoms in total. The third-order valence-electron chi connectivity index (χ3n) is 2.42. The lowest BCUT2D eigenvalue weighted by Gasteiger charge is -2.10. The first-order chi connectivity index (χ1) is 3.72. The second-order valence-electron chi connectivity index (χ2n) is 2.98. The molecule has 1 aliphatic carbocycles. The van der Waals surface area contributed by atoms with Crippen LogP contribution in [0.15, 0.2) is 0 Å². The fourth-order valence-electron chi connectivity index (χ4n) is 1.34. The van der Waals surface area contributed by atoms with Gasteiger partial charge >= 0.3 is 0 Å². The molecule has 1 N–H and O–H groups in total. The Kier molecular flexibility index (Phi) is 1.57. The van der Waals surface area contributed by atoms with Crippen LogP contribution in [-0.4, -0.2) is 11.2 Å². The van der Waals surface area contributed by atoms with Gasteiger partial charge in [-0.25, -0.2) is 0 Å². The molecule has 48 valence electrons. The summed E-state index contributed by atoms with van der Waals surface area (Å²) in [7, 11) is 0. The third kappa shape index (κ3) is 0.873. The molecule has 1 saturated carbocycles. The van der Waals surface area contributed by atoms with Crippen LogP contribution in [0.4, 0.5) is 0 Å². The fourth-order valence-corrected chi connectivity index (χ4v) is 1.34. The molecule has 0 aliphatic heterocycles. The van der Waals surface area contributed by atoms with Crippen molar-refractivity contribution in [2.24, 2.45) is 11.8 Å². The first kappa shape index (κ1) is 6.09. The van der Waals surface area contributed by atoms with E-state index < -0.39 is 0 Å². The molecule has 1 unspecified atom stereocenters. The monoisotopic (exact) mass is 114 g/mol. The lowest BCUT2D eigenvalue weighted by molar-refractivity contribution is 0.130.